The van der Waals surface area contributed by atoms with E-state index < -0.39 is 22.0 Å². The van der Waals surface area contributed by atoms with Crippen molar-refractivity contribution in [3.63, 3.8) is 0 Å². The smallest absolute Gasteiger partial charge is 0.243 e. The van der Waals surface area contributed by atoms with Crippen LogP contribution in [0.25, 0.3) is 0 Å². The van der Waals surface area contributed by atoms with Crippen LogP contribution in [0.15, 0.2) is 29.2 Å². The highest BCUT2D eigenvalue weighted by molar-refractivity contribution is 7.89. The summed E-state index contributed by atoms with van der Waals surface area (Å²) in [6, 6.07) is 5.05. The Hall–Kier alpha value is -1.93. The predicted octanol–water partition coefficient (Wildman–Crippen LogP) is 0.674. The molecule has 0 bridgehead atoms. The Morgan fingerprint density at radius 3 is 2.41 bits per heavy atom. The zero-order chi connectivity index (χ0) is 16.3. The molecular formula is C14H19N3O4S. The number of nitrogens with zero attached hydrogens (tertiary/aromatic N) is 1. The van der Waals surface area contributed by atoms with Gasteiger partial charge in [-0.05, 0) is 37.1 Å². The lowest BCUT2D eigenvalue weighted by molar-refractivity contribution is -0.122. The molecule has 0 radical (unpaired) electrons. The van der Waals surface area contributed by atoms with Crippen molar-refractivity contribution in [3.8, 4) is 0 Å². The second-order valence-electron chi connectivity index (χ2n) is 5.24. The van der Waals surface area contributed by atoms with Crippen LogP contribution in [-0.2, 0) is 19.6 Å². The third-order valence-electron chi connectivity index (χ3n) is 3.56. The third kappa shape index (κ3) is 3.45. The van der Waals surface area contributed by atoms with Crippen LogP contribution in [0, 0.1) is 0 Å². The zero-order valence-electron chi connectivity index (χ0n) is 12.3. The number of sulfonamides is 1. The number of nitrogens with two attached hydrogens (primary N) is 1. The molecule has 120 valence electrons. The first-order valence-electron chi connectivity index (χ1n) is 7.01. The minimum atomic E-state index is -3.78. The molecule has 7 nitrogen and oxygen atoms in total. The number of carbonyl (C=O) groups is 2. The maximum Gasteiger partial charge on any atom is 0.243 e. The number of amides is 2. The van der Waals surface area contributed by atoms with Gasteiger partial charge in [0, 0.05) is 19.2 Å². The van der Waals surface area contributed by atoms with Gasteiger partial charge in [-0.3, -0.25) is 9.59 Å². The molecule has 2 amide bonds. The summed E-state index contributed by atoms with van der Waals surface area (Å²) in [6.07, 6.45) is 1.92. The highest BCUT2D eigenvalue weighted by Crippen LogP contribution is 2.26. The normalized spacial score (nSPS) is 19.6. The van der Waals surface area contributed by atoms with Gasteiger partial charge in [-0.15, -0.1) is 0 Å². The number of piperidine rings is 1. The second kappa shape index (κ2) is 6.45. The lowest BCUT2D eigenvalue weighted by Crippen LogP contribution is -2.50. The van der Waals surface area contributed by atoms with Crippen molar-refractivity contribution in [3.05, 3.63) is 24.3 Å². The van der Waals surface area contributed by atoms with Gasteiger partial charge in [0.1, 0.15) is 6.04 Å². The third-order valence-corrected chi connectivity index (χ3v) is 5.49. The van der Waals surface area contributed by atoms with Crippen LogP contribution in [0.5, 0.6) is 0 Å². The Balaban J connectivity index is 2.28. The van der Waals surface area contributed by atoms with Crippen molar-refractivity contribution in [1.29, 1.82) is 0 Å². The summed E-state index contributed by atoms with van der Waals surface area (Å²) in [5, 5.41) is 2.57. The quantitative estimate of drug-likeness (QED) is 0.848. The number of carbonyl (C=O) groups excluding carboxylic acids is 2. The molecule has 1 aliphatic heterocycles. The number of nitrogens with one attached hydrogen (secondary N) is 1. The molecule has 0 spiro atoms. The van der Waals surface area contributed by atoms with Gasteiger partial charge in [-0.2, -0.15) is 4.31 Å². The van der Waals surface area contributed by atoms with E-state index in [4.69, 9.17) is 5.73 Å². The highest BCUT2D eigenvalue weighted by atomic mass is 32.2. The first-order chi connectivity index (χ1) is 10.3. The summed E-state index contributed by atoms with van der Waals surface area (Å²) in [4.78, 5) is 22.5. The molecule has 0 aliphatic carbocycles. The van der Waals surface area contributed by atoms with Gasteiger partial charge in [0.2, 0.25) is 21.8 Å². The molecule has 1 aromatic carbocycles. The van der Waals surface area contributed by atoms with Gasteiger partial charge < -0.3 is 11.1 Å². The van der Waals surface area contributed by atoms with Crippen LogP contribution in [0.1, 0.15) is 26.2 Å². The van der Waals surface area contributed by atoms with Gasteiger partial charge in [0.15, 0.2) is 0 Å². The Morgan fingerprint density at radius 2 is 1.86 bits per heavy atom. The number of benzene rings is 1. The van der Waals surface area contributed by atoms with Crippen molar-refractivity contribution in [1.82, 2.24) is 4.31 Å². The van der Waals surface area contributed by atoms with E-state index in [1.54, 1.807) is 0 Å². The molecule has 2 rings (SSSR count). The molecule has 1 atom stereocenters. The zero-order valence-corrected chi connectivity index (χ0v) is 13.1. The fourth-order valence-corrected chi connectivity index (χ4v) is 4.19. The van der Waals surface area contributed by atoms with Gasteiger partial charge in [0.05, 0.1) is 4.90 Å². The molecule has 1 aliphatic rings. The summed E-state index contributed by atoms with van der Waals surface area (Å²) in [5.74, 6) is -0.862. The monoisotopic (exact) mass is 325 g/mol. The van der Waals surface area contributed by atoms with Crippen molar-refractivity contribution >= 4 is 27.5 Å². The average Bonchev–Trinajstić information content (AvgIpc) is 2.47. The molecule has 3 N–H and O–H groups in total. The summed E-state index contributed by atoms with van der Waals surface area (Å²) >= 11 is 0. The number of rotatable bonds is 4. The van der Waals surface area contributed by atoms with Crippen LogP contribution in [0.2, 0.25) is 0 Å². The lowest BCUT2D eigenvalue weighted by atomic mass is 10.0. The maximum atomic E-state index is 12.7. The summed E-state index contributed by atoms with van der Waals surface area (Å²) < 4.78 is 26.5. The van der Waals surface area contributed by atoms with Gasteiger partial charge in [0.25, 0.3) is 0 Å². The van der Waals surface area contributed by atoms with Crippen molar-refractivity contribution in [2.24, 2.45) is 5.73 Å². The van der Waals surface area contributed by atoms with Crippen LogP contribution >= 0.6 is 0 Å². The fourth-order valence-electron chi connectivity index (χ4n) is 2.53. The number of hydrogen-bond acceptors (Lipinski definition) is 4. The minimum Gasteiger partial charge on any atom is -0.368 e. The standard InChI is InChI=1S/C14H19N3O4S/c1-10(18)16-11-5-7-12(8-6-11)22(20,21)17-9-3-2-4-13(17)14(15)19/h5-8,13H,2-4,9H2,1H3,(H2,15,19)(H,16,18)/t13-/m1/s1. The summed E-state index contributed by atoms with van der Waals surface area (Å²) in [6.45, 7) is 1.65. The average molecular weight is 325 g/mol. The Bertz CT molecular complexity index is 670. The molecule has 1 fully saturated rings. The van der Waals surface area contributed by atoms with E-state index in [2.05, 4.69) is 5.32 Å². The Kier molecular flexibility index (Phi) is 4.82. The van der Waals surface area contributed by atoms with E-state index in [0.717, 1.165) is 6.42 Å². The SMILES string of the molecule is CC(=O)Nc1ccc(S(=O)(=O)N2CCCC[C@@H]2C(N)=O)cc1. The van der Waals surface area contributed by atoms with Crippen LogP contribution in [0.3, 0.4) is 0 Å². The van der Waals surface area contributed by atoms with Gasteiger partial charge >= 0.3 is 0 Å². The molecule has 1 aromatic rings. The Labute approximate surface area is 129 Å². The molecule has 0 aromatic heterocycles. The molecule has 1 saturated heterocycles. The fraction of sp³-hybridized carbons (Fsp3) is 0.429. The Morgan fingerprint density at radius 1 is 1.23 bits per heavy atom. The van der Waals surface area contributed by atoms with Gasteiger partial charge in [-0.25, -0.2) is 8.42 Å². The van der Waals surface area contributed by atoms with E-state index in [1.165, 1.54) is 35.5 Å². The van der Waals surface area contributed by atoms with E-state index in [0.29, 0.717) is 18.5 Å². The van der Waals surface area contributed by atoms with Crippen molar-refractivity contribution in [2.45, 2.75) is 37.1 Å². The van der Waals surface area contributed by atoms with Crippen molar-refractivity contribution in [2.75, 3.05) is 11.9 Å². The number of hydrogen-bond donors (Lipinski definition) is 2. The molecule has 0 unspecified atom stereocenters. The minimum absolute atomic E-state index is 0.0785. The highest BCUT2D eigenvalue weighted by Gasteiger charge is 2.36. The van der Waals surface area contributed by atoms with E-state index in [1.807, 2.05) is 0 Å². The van der Waals surface area contributed by atoms with Crippen molar-refractivity contribution < 1.29 is 18.0 Å². The molecule has 0 saturated carbocycles. The van der Waals surface area contributed by atoms with Crippen LogP contribution in [-0.4, -0.2) is 37.1 Å². The largest absolute Gasteiger partial charge is 0.368 e. The summed E-state index contributed by atoms with van der Waals surface area (Å²) in [7, 11) is -3.78. The second-order valence-corrected chi connectivity index (χ2v) is 7.13. The molecule has 22 heavy (non-hydrogen) atoms. The van der Waals surface area contributed by atoms with E-state index in [-0.39, 0.29) is 17.3 Å². The predicted molar refractivity (Wildman–Crippen MR) is 81.5 cm³/mol. The lowest BCUT2D eigenvalue weighted by Gasteiger charge is -2.32. The molecule has 1 heterocycles. The summed E-state index contributed by atoms with van der Waals surface area (Å²) in [5.41, 5.74) is 5.83. The maximum absolute atomic E-state index is 12.7. The first kappa shape index (κ1) is 16.4. The van der Waals surface area contributed by atoms with Gasteiger partial charge in [-0.1, -0.05) is 6.42 Å². The van der Waals surface area contributed by atoms with Crippen LogP contribution in [0.4, 0.5) is 5.69 Å². The van der Waals surface area contributed by atoms with E-state index in [9.17, 15) is 18.0 Å². The number of primary amides is 1. The topological polar surface area (TPSA) is 110 Å². The molecular weight excluding hydrogens is 306 g/mol. The first-order valence-corrected chi connectivity index (χ1v) is 8.45. The molecule has 8 heteroatoms. The van der Waals surface area contributed by atoms with Crippen LogP contribution < -0.4 is 11.1 Å². The number of anilines is 1. The van der Waals surface area contributed by atoms with E-state index >= 15 is 0 Å².